The molecule has 1 aliphatic heterocycles. The lowest BCUT2D eigenvalue weighted by molar-refractivity contribution is 0.0606. The van der Waals surface area contributed by atoms with Crippen LogP contribution in [0.5, 0.6) is 0 Å². The van der Waals surface area contributed by atoms with E-state index in [1.165, 1.54) is 6.42 Å². The largest absolute Gasteiger partial charge is 0.393 e. The molecule has 1 fully saturated rings. The number of rotatable bonds is 6. The summed E-state index contributed by atoms with van der Waals surface area (Å²) in [5, 5.41) is 9.36. The zero-order valence-corrected chi connectivity index (χ0v) is 11.8. The van der Waals surface area contributed by atoms with Gasteiger partial charge < -0.3 is 9.84 Å². The lowest BCUT2D eigenvalue weighted by Gasteiger charge is -2.22. The molecule has 1 rings (SSSR count). The van der Waals surface area contributed by atoms with Crippen molar-refractivity contribution < 1.29 is 9.84 Å². The molecule has 1 N–H and O–H groups in total. The van der Waals surface area contributed by atoms with Crippen LogP contribution in [-0.2, 0) is 4.74 Å². The molecule has 0 aromatic carbocycles. The zero-order chi connectivity index (χ0) is 12.9. The molecule has 0 bridgehead atoms. The van der Waals surface area contributed by atoms with E-state index >= 15 is 0 Å². The summed E-state index contributed by atoms with van der Waals surface area (Å²) >= 11 is 0. The molecule has 0 aromatic rings. The van der Waals surface area contributed by atoms with Crippen LogP contribution in [0.4, 0.5) is 0 Å². The molecule has 0 spiro atoms. The van der Waals surface area contributed by atoms with Gasteiger partial charge in [-0.15, -0.1) is 0 Å². The van der Waals surface area contributed by atoms with E-state index in [0.717, 1.165) is 25.9 Å². The van der Waals surface area contributed by atoms with E-state index in [1.807, 2.05) is 6.92 Å². The molecule has 2 nitrogen and oxygen atoms in total. The molecular weight excluding hydrogens is 212 g/mol. The van der Waals surface area contributed by atoms with E-state index in [9.17, 15) is 5.11 Å². The Kier molecular flexibility index (Phi) is 5.68. The van der Waals surface area contributed by atoms with Crippen molar-refractivity contribution in [2.45, 2.75) is 65.1 Å². The van der Waals surface area contributed by atoms with Crippen LogP contribution >= 0.6 is 0 Å². The summed E-state index contributed by atoms with van der Waals surface area (Å²) in [5.74, 6) is 1.17. The van der Waals surface area contributed by atoms with Gasteiger partial charge in [0.15, 0.2) is 0 Å². The molecule has 0 unspecified atom stereocenters. The monoisotopic (exact) mass is 240 g/mol. The molecule has 2 heteroatoms. The summed E-state index contributed by atoms with van der Waals surface area (Å²) in [7, 11) is 0. The van der Waals surface area contributed by atoms with E-state index in [2.05, 4.69) is 32.9 Å². The first-order valence-electron chi connectivity index (χ1n) is 6.94. The molecule has 100 valence electrons. The molecular formula is C15H28O2. The Morgan fingerprint density at radius 1 is 1.29 bits per heavy atom. The number of aliphatic hydroxyl groups excluding tert-OH is 1. The molecule has 17 heavy (non-hydrogen) atoms. The summed E-state index contributed by atoms with van der Waals surface area (Å²) in [6.07, 6.45) is 8.59. The van der Waals surface area contributed by atoms with Crippen LogP contribution in [0.25, 0.3) is 0 Å². The summed E-state index contributed by atoms with van der Waals surface area (Å²) in [5.41, 5.74) is -0.0437. The van der Waals surface area contributed by atoms with Gasteiger partial charge in [0.05, 0.1) is 11.7 Å². The number of hydrogen-bond donors (Lipinski definition) is 1. The van der Waals surface area contributed by atoms with Crippen LogP contribution in [0.1, 0.15) is 53.4 Å². The number of aliphatic hydroxyl groups is 1. The standard InChI is InChI=1S/C15H28O2/c1-12(2)14(7-6-13(3)16)8-10-15(4)9-5-11-17-15/h8,10,12-14,16H,5-7,9,11H2,1-4H3/b10-8+/t13-,14-,15-/m0/s1. The van der Waals surface area contributed by atoms with E-state index in [-0.39, 0.29) is 11.7 Å². The second kappa shape index (κ2) is 6.55. The molecule has 3 atom stereocenters. The third kappa shape index (κ3) is 5.22. The third-order valence-electron chi connectivity index (χ3n) is 3.72. The zero-order valence-electron chi connectivity index (χ0n) is 11.8. The van der Waals surface area contributed by atoms with Crippen LogP contribution in [-0.4, -0.2) is 23.4 Å². The maximum Gasteiger partial charge on any atom is 0.0835 e. The summed E-state index contributed by atoms with van der Waals surface area (Å²) in [4.78, 5) is 0. The first-order valence-corrected chi connectivity index (χ1v) is 6.94. The lowest BCUT2D eigenvalue weighted by atomic mass is 9.88. The smallest absolute Gasteiger partial charge is 0.0835 e. The summed E-state index contributed by atoms with van der Waals surface area (Å²) in [6.45, 7) is 9.41. The normalized spacial score (nSPS) is 29.1. The predicted molar refractivity (Wildman–Crippen MR) is 72.0 cm³/mol. The second-order valence-corrected chi connectivity index (χ2v) is 5.96. The topological polar surface area (TPSA) is 29.5 Å². The highest BCUT2D eigenvalue weighted by atomic mass is 16.5. The highest BCUT2D eigenvalue weighted by molar-refractivity contribution is 5.04. The van der Waals surface area contributed by atoms with Crippen LogP contribution < -0.4 is 0 Å². The Morgan fingerprint density at radius 3 is 2.47 bits per heavy atom. The second-order valence-electron chi connectivity index (χ2n) is 5.96. The molecule has 0 saturated carbocycles. The van der Waals surface area contributed by atoms with Gasteiger partial charge in [-0.2, -0.15) is 0 Å². The molecule has 1 heterocycles. The number of ether oxygens (including phenoxy) is 1. The molecule has 0 aromatic heterocycles. The fourth-order valence-electron chi connectivity index (χ4n) is 2.34. The first kappa shape index (κ1) is 14.7. The van der Waals surface area contributed by atoms with Crippen molar-refractivity contribution in [2.75, 3.05) is 6.61 Å². The van der Waals surface area contributed by atoms with Crippen molar-refractivity contribution in [3.05, 3.63) is 12.2 Å². The van der Waals surface area contributed by atoms with Gasteiger partial charge in [-0.25, -0.2) is 0 Å². The minimum absolute atomic E-state index is 0.0437. The van der Waals surface area contributed by atoms with Crippen molar-refractivity contribution >= 4 is 0 Å². The van der Waals surface area contributed by atoms with Crippen LogP contribution in [0.2, 0.25) is 0 Å². The van der Waals surface area contributed by atoms with Gasteiger partial charge in [-0.3, -0.25) is 0 Å². The van der Waals surface area contributed by atoms with Gasteiger partial charge in [0.2, 0.25) is 0 Å². The summed E-state index contributed by atoms with van der Waals surface area (Å²) in [6, 6.07) is 0. The average Bonchev–Trinajstić information content (AvgIpc) is 2.64. The Balaban J connectivity index is 2.50. The Morgan fingerprint density at radius 2 is 2.00 bits per heavy atom. The van der Waals surface area contributed by atoms with Gasteiger partial charge in [0.25, 0.3) is 0 Å². The maximum atomic E-state index is 9.36. The quantitative estimate of drug-likeness (QED) is 0.720. The molecule has 0 aliphatic carbocycles. The van der Waals surface area contributed by atoms with Crippen LogP contribution in [0.3, 0.4) is 0 Å². The van der Waals surface area contributed by atoms with Gasteiger partial charge in [0.1, 0.15) is 0 Å². The maximum absolute atomic E-state index is 9.36. The third-order valence-corrected chi connectivity index (χ3v) is 3.72. The minimum Gasteiger partial charge on any atom is -0.393 e. The van der Waals surface area contributed by atoms with Gasteiger partial charge in [-0.05, 0) is 51.4 Å². The SMILES string of the molecule is CC(C)[C@H](/C=C/[C@]1(C)CCCO1)CC[C@H](C)O. The lowest BCUT2D eigenvalue weighted by Crippen LogP contribution is -2.20. The van der Waals surface area contributed by atoms with Gasteiger partial charge in [0, 0.05) is 6.61 Å². The van der Waals surface area contributed by atoms with Crippen molar-refractivity contribution in [3.63, 3.8) is 0 Å². The number of allylic oxidation sites excluding steroid dienone is 1. The highest BCUT2D eigenvalue weighted by Gasteiger charge is 2.27. The van der Waals surface area contributed by atoms with Crippen molar-refractivity contribution in [1.82, 2.24) is 0 Å². The number of hydrogen-bond acceptors (Lipinski definition) is 2. The van der Waals surface area contributed by atoms with Crippen LogP contribution in [0, 0.1) is 11.8 Å². The molecule has 1 aliphatic rings. The van der Waals surface area contributed by atoms with Crippen LogP contribution in [0.15, 0.2) is 12.2 Å². The van der Waals surface area contributed by atoms with Gasteiger partial charge in [-0.1, -0.05) is 26.0 Å². The predicted octanol–water partition coefficient (Wildman–Crippen LogP) is 3.54. The summed E-state index contributed by atoms with van der Waals surface area (Å²) < 4.78 is 5.76. The Hall–Kier alpha value is -0.340. The van der Waals surface area contributed by atoms with Crippen molar-refractivity contribution in [3.8, 4) is 0 Å². The molecule has 1 saturated heterocycles. The van der Waals surface area contributed by atoms with E-state index in [1.54, 1.807) is 0 Å². The van der Waals surface area contributed by atoms with Crippen molar-refractivity contribution in [1.29, 1.82) is 0 Å². The van der Waals surface area contributed by atoms with Gasteiger partial charge >= 0.3 is 0 Å². The fourth-order valence-corrected chi connectivity index (χ4v) is 2.34. The molecule has 0 amide bonds. The average molecular weight is 240 g/mol. The fraction of sp³-hybridized carbons (Fsp3) is 0.867. The van der Waals surface area contributed by atoms with E-state index in [0.29, 0.717) is 11.8 Å². The highest BCUT2D eigenvalue weighted by Crippen LogP contribution is 2.28. The molecule has 0 radical (unpaired) electrons. The van der Waals surface area contributed by atoms with E-state index in [4.69, 9.17) is 4.74 Å². The van der Waals surface area contributed by atoms with Crippen molar-refractivity contribution in [2.24, 2.45) is 11.8 Å². The Bertz CT molecular complexity index is 237. The minimum atomic E-state index is -0.192. The van der Waals surface area contributed by atoms with E-state index < -0.39 is 0 Å². The Labute approximate surface area is 106 Å². The first-order chi connectivity index (χ1) is 7.93.